The highest BCUT2D eigenvalue weighted by molar-refractivity contribution is 5.87. The molecule has 2 unspecified atom stereocenters. The van der Waals surface area contributed by atoms with Crippen LogP contribution in [0.5, 0.6) is 0 Å². The number of anilines is 1. The van der Waals surface area contributed by atoms with Crippen LogP contribution in [-0.2, 0) is 6.42 Å². The van der Waals surface area contributed by atoms with Gasteiger partial charge in [0.05, 0.1) is 17.5 Å². The molecule has 2 aliphatic carbocycles. The molecule has 3 N–H and O–H groups in total. The van der Waals surface area contributed by atoms with Crippen molar-refractivity contribution in [3.63, 3.8) is 0 Å². The smallest absolute Gasteiger partial charge is 0.145 e. The molecular weight excluding hydrogens is 340 g/mol. The van der Waals surface area contributed by atoms with Gasteiger partial charge in [-0.3, -0.25) is 0 Å². The number of aliphatic hydroxyl groups excluding tert-OH is 2. The standard InChI is InChI=1S/C21H24N4O2/c26-11-14-9-15(10-19(14)27)25-8-7-17-20(22-12-23-21(17)25)24-18-6-5-13-3-1-2-4-16(13)18/h1-4,7-8,12,14-15,18-19,26-27H,5-6,9-11H2,(H,22,23,24)/t14?,15-,18-,19?/m1/s1. The topological polar surface area (TPSA) is 83.2 Å². The Hall–Kier alpha value is -2.44. The molecule has 2 aromatic heterocycles. The molecular formula is C21H24N4O2. The molecule has 3 aromatic rings. The summed E-state index contributed by atoms with van der Waals surface area (Å²) < 4.78 is 2.13. The molecule has 5 rings (SSSR count). The van der Waals surface area contributed by atoms with Crippen LogP contribution in [0, 0.1) is 5.92 Å². The van der Waals surface area contributed by atoms with E-state index in [1.165, 1.54) is 11.1 Å². The molecule has 2 heterocycles. The van der Waals surface area contributed by atoms with Crippen molar-refractivity contribution in [1.29, 1.82) is 0 Å². The maximum atomic E-state index is 10.1. The molecule has 2 aliphatic rings. The molecule has 0 aliphatic heterocycles. The highest BCUT2D eigenvalue weighted by Gasteiger charge is 2.34. The average Bonchev–Trinajstić information content (AvgIpc) is 3.39. The lowest BCUT2D eigenvalue weighted by atomic mass is 10.1. The van der Waals surface area contributed by atoms with E-state index in [1.54, 1.807) is 6.33 Å². The maximum Gasteiger partial charge on any atom is 0.145 e. The van der Waals surface area contributed by atoms with Gasteiger partial charge < -0.3 is 20.1 Å². The summed E-state index contributed by atoms with van der Waals surface area (Å²) >= 11 is 0. The Balaban J connectivity index is 1.45. The second-order valence-corrected chi connectivity index (χ2v) is 7.75. The Bertz CT molecular complexity index is 970. The summed E-state index contributed by atoms with van der Waals surface area (Å²) in [6.45, 7) is 0.0275. The number of aliphatic hydroxyl groups is 2. The van der Waals surface area contributed by atoms with E-state index in [1.807, 2.05) is 6.20 Å². The summed E-state index contributed by atoms with van der Waals surface area (Å²) in [7, 11) is 0. The number of nitrogens with one attached hydrogen (secondary N) is 1. The van der Waals surface area contributed by atoms with Crippen molar-refractivity contribution in [3.8, 4) is 0 Å². The van der Waals surface area contributed by atoms with Gasteiger partial charge in [0.25, 0.3) is 0 Å². The van der Waals surface area contributed by atoms with Crippen LogP contribution in [0.3, 0.4) is 0 Å². The molecule has 4 atom stereocenters. The van der Waals surface area contributed by atoms with Crippen LogP contribution >= 0.6 is 0 Å². The number of hydrogen-bond donors (Lipinski definition) is 3. The van der Waals surface area contributed by atoms with Gasteiger partial charge in [-0.05, 0) is 42.9 Å². The largest absolute Gasteiger partial charge is 0.396 e. The molecule has 0 spiro atoms. The number of aryl methyl sites for hydroxylation is 1. The predicted octanol–water partition coefficient (Wildman–Crippen LogP) is 2.84. The first-order chi connectivity index (χ1) is 13.2. The summed E-state index contributed by atoms with van der Waals surface area (Å²) in [6.07, 6.45) is 6.76. The molecule has 6 nitrogen and oxygen atoms in total. The zero-order valence-electron chi connectivity index (χ0n) is 15.1. The second-order valence-electron chi connectivity index (χ2n) is 7.75. The van der Waals surface area contributed by atoms with Crippen LogP contribution in [0.1, 0.15) is 42.5 Å². The van der Waals surface area contributed by atoms with Crippen LogP contribution in [0.15, 0.2) is 42.9 Å². The van der Waals surface area contributed by atoms with Crippen molar-refractivity contribution >= 4 is 16.9 Å². The first kappa shape index (κ1) is 16.7. The fourth-order valence-electron chi connectivity index (χ4n) is 4.75. The van der Waals surface area contributed by atoms with E-state index in [4.69, 9.17) is 0 Å². The van der Waals surface area contributed by atoms with Gasteiger partial charge in [0.2, 0.25) is 0 Å². The minimum atomic E-state index is -0.452. The zero-order chi connectivity index (χ0) is 18.4. The number of benzene rings is 1. The van der Waals surface area contributed by atoms with E-state index in [-0.39, 0.29) is 24.6 Å². The van der Waals surface area contributed by atoms with E-state index >= 15 is 0 Å². The van der Waals surface area contributed by atoms with Crippen molar-refractivity contribution in [2.24, 2.45) is 5.92 Å². The Morgan fingerprint density at radius 3 is 2.89 bits per heavy atom. The second kappa shape index (κ2) is 6.62. The van der Waals surface area contributed by atoms with Gasteiger partial charge in [0.1, 0.15) is 17.8 Å². The summed E-state index contributed by atoms with van der Waals surface area (Å²) in [4.78, 5) is 9.01. The van der Waals surface area contributed by atoms with Crippen molar-refractivity contribution in [2.45, 2.75) is 43.9 Å². The molecule has 27 heavy (non-hydrogen) atoms. The molecule has 1 aromatic carbocycles. The van der Waals surface area contributed by atoms with E-state index in [9.17, 15) is 10.2 Å². The Morgan fingerprint density at radius 2 is 2.04 bits per heavy atom. The number of rotatable bonds is 4. The monoisotopic (exact) mass is 364 g/mol. The minimum absolute atomic E-state index is 0.0275. The Morgan fingerprint density at radius 1 is 1.15 bits per heavy atom. The van der Waals surface area contributed by atoms with E-state index < -0.39 is 6.10 Å². The van der Waals surface area contributed by atoms with Gasteiger partial charge >= 0.3 is 0 Å². The fourth-order valence-corrected chi connectivity index (χ4v) is 4.75. The van der Waals surface area contributed by atoms with E-state index in [0.717, 1.165) is 36.1 Å². The number of fused-ring (bicyclic) bond motifs is 2. The van der Waals surface area contributed by atoms with Gasteiger partial charge in [-0.1, -0.05) is 24.3 Å². The quantitative estimate of drug-likeness (QED) is 0.663. The summed E-state index contributed by atoms with van der Waals surface area (Å²) in [5.74, 6) is 0.805. The predicted molar refractivity (Wildman–Crippen MR) is 104 cm³/mol. The van der Waals surface area contributed by atoms with E-state index in [0.29, 0.717) is 6.42 Å². The van der Waals surface area contributed by atoms with Gasteiger partial charge in [-0.15, -0.1) is 0 Å². The lowest BCUT2D eigenvalue weighted by molar-refractivity contribution is 0.0906. The summed E-state index contributed by atoms with van der Waals surface area (Å²) in [5.41, 5.74) is 3.65. The highest BCUT2D eigenvalue weighted by atomic mass is 16.3. The molecule has 6 heteroatoms. The minimum Gasteiger partial charge on any atom is -0.396 e. The van der Waals surface area contributed by atoms with Crippen molar-refractivity contribution in [1.82, 2.24) is 14.5 Å². The Kier molecular flexibility index (Phi) is 4.10. The van der Waals surface area contributed by atoms with Crippen molar-refractivity contribution in [2.75, 3.05) is 11.9 Å². The lowest BCUT2D eigenvalue weighted by Crippen LogP contribution is -2.16. The fraction of sp³-hybridized carbons (Fsp3) is 0.429. The van der Waals surface area contributed by atoms with Crippen LogP contribution in [0.25, 0.3) is 11.0 Å². The molecule has 1 saturated carbocycles. The first-order valence-electron chi connectivity index (χ1n) is 9.69. The third-order valence-electron chi connectivity index (χ3n) is 6.21. The molecule has 140 valence electrons. The van der Waals surface area contributed by atoms with Crippen molar-refractivity contribution < 1.29 is 10.2 Å². The Labute approximate surface area is 157 Å². The number of aromatic nitrogens is 3. The van der Waals surface area contributed by atoms with Gasteiger partial charge in [-0.25, -0.2) is 9.97 Å². The summed E-state index contributed by atoms with van der Waals surface area (Å²) in [6, 6.07) is 11.1. The third kappa shape index (κ3) is 2.80. The highest BCUT2D eigenvalue weighted by Crippen LogP contribution is 2.38. The molecule has 0 bridgehead atoms. The van der Waals surface area contributed by atoms with Crippen LogP contribution < -0.4 is 5.32 Å². The molecule has 1 fully saturated rings. The van der Waals surface area contributed by atoms with Gasteiger partial charge in [0.15, 0.2) is 0 Å². The number of hydrogen-bond acceptors (Lipinski definition) is 5. The average molecular weight is 364 g/mol. The van der Waals surface area contributed by atoms with Crippen LogP contribution in [0.2, 0.25) is 0 Å². The summed E-state index contributed by atoms with van der Waals surface area (Å²) in [5, 5.41) is 24.2. The van der Waals surface area contributed by atoms with E-state index in [2.05, 4.69) is 50.2 Å². The zero-order valence-corrected chi connectivity index (χ0v) is 15.1. The van der Waals surface area contributed by atoms with Gasteiger partial charge in [-0.2, -0.15) is 0 Å². The first-order valence-corrected chi connectivity index (χ1v) is 9.69. The molecule has 0 amide bonds. The molecule has 0 saturated heterocycles. The normalized spacial score (nSPS) is 27.2. The van der Waals surface area contributed by atoms with Crippen LogP contribution in [0.4, 0.5) is 5.82 Å². The lowest BCUT2D eigenvalue weighted by Gasteiger charge is -2.16. The maximum absolute atomic E-state index is 10.1. The molecule has 0 radical (unpaired) electrons. The van der Waals surface area contributed by atoms with Crippen LogP contribution in [-0.4, -0.2) is 37.5 Å². The van der Waals surface area contributed by atoms with Crippen molar-refractivity contribution in [3.05, 3.63) is 54.0 Å². The number of nitrogens with zero attached hydrogens (tertiary/aromatic N) is 3. The SMILES string of the molecule is OCC1C[C@@H](n2ccc3c(N[C@@H]4CCc5ccccc54)ncnc32)CC1O. The van der Waals surface area contributed by atoms with Gasteiger partial charge in [0, 0.05) is 24.8 Å². The third-order valence-corrected chi connectivity index (χ3v) is 6.21.